The van der Waals surface area contributed by atoms with E-state index >= 15 is 0 Å². The second kappa shape index (κ2) is 3.40. The van der Waals surface area contributed by atoms with Gasteiger partial charge in [-0.2, -0.15) is 0 Å². The molecule has 0 saturated carbocycles. The molecule has 0 aromatic carbocycles. The number of hydrogen-bond acceptors (Lipinski definition) is 2. The van der Waals surface area contributed by atoms with E-state index in [0.29, 0.717) is 6.54 Å². The third-order valence-corrected chi connectivity index (χ3v) is 1.52. The number of aliphatic hydroxyl groups is 1. The van der Waals surface area contributed by atoms with Crippen LogP contribution in [-0.2, 0) is 4.79 Å². The maximum absolute atomic E-state index is 11.2. The van der Waals surface area contributed by atoms with E-state index < -0.39 is 11.5 Å². The summed E-state index contributed by atoms with van der Waals surface area (Å²) in [6.45, 7) is 3.66. The summed E-state index contributed by atoms with van der Waals surface area (Å²) in [5.74, 6) is 1.58. The Morgan fingerprint density at radius 3 is 2.55 bits per heavy atom. The van der Waals surface area contributed by atoms with Gasteiger partial charge in [0.2, 0.25) is 5.60 Å². The van der Waals surface area contributed by atoms with Gasteiger partial charge in [-0.1, -0.05) is 5.92 Å². The largest absolute Gasteiger partial charge is 0.370 e. The third-order valence-electron chi connectivity index (χ3n) is 1.52. The molecule has 0 rings (SSSR count). The van der Waals surface area contributed by atoms with Crippen molar-refractivity contribution in [3.8, 4) is 12.3 Å². The third kappa shape index (κ3) is 2.24. The molecule has 0 bridgehead atoms. The summed E-state index contributed by atoms with van der Waals surface area (Å²) in [6, 6.07) is 0. The molecular weight excluding hydrogens is 142 g/mol. The van der Waals surface area contributed by atoms with Crippen LogP contribution in [0.1, 0.15) is 13.8 Å². The van der Waals surface area contributed by atoms with Crippen molar-refractivity contribution >= 4 is 5.91 Å². The van der Waals surface area contributed by atoms with Crippen LogP contribution < -0.4 is 0 Å². The highest BCUT2D eigenvalue weighted by Crippen LogP contribution is 2.04. The number of nitrogens with zero attached hydrogens (tertiary/aromatic N) is 1. The highest BCUT2D eigenvalue weighted by Gasteiger charge is 2.29. The van der Waals surface area contributed by atoms with E-state index in [2.05, 4.69) is 0 Å². The van der Waals surface area contributed by atoms with Crippen molar-refractivity contribution in [3.63, 3.8) is 0 Å². The van der Waals surface area contributed by atoms with E-state index in [4.69, 9.17) is 6.42 Å². The van der Waals surface area contributed by atoms with Crippen molar-refractivity contribution in [2.75, 3.05) is 13.6 Å². The van der Waals surface area contributed by atoms with Gasteiger partial charge in [0.15, 0.2) is 0 Å². The molecule has 0 aliphatic carbocycles. The number of likely N-dealkylation sites (N-methyl/N-ethyl adjacent to an activating group) is 1. The van der Waals surface area contributed by atoms with Gasteiger partial charge in [-0.15, -0.1) is 6.42 Å². The number of amides is 1. The Bertz CT molecular complexity index is 191. The van der Waals surface area contributed by atoms with E-state index in [1.54, 1.807) is 7.05 Å². The summed E-state index contributed by atoms with van der Waals surface area (Å²) in [7, 11) is 1.59. The van der Waals surface area contributed by atoms with Gasteiger partial charge >= 0.3 is 0 Å². The molecule has 0 radical (unpaired) electrons. The predicted molar refractivity (Wildman–Crippen MR) is 42.8 cm³/mol. The topological polar surface area (TPSA) is 40.5 Å². The molecule has 0 unspecified atom stereocenters. The maximum atomic E-state index is 11.2. The van der Waals surface area contributed by atoms with Crippen molar-refractivity contribution in [3.05, 3.63) is 0 Å². The van der Waals surface area contributed by atoms with E-state index in [1.807, 2.05) is 12.8 Å². The van der Waals surface area contributed by atoms with Crippen LogP contribution in [0, 0.1) is 12.3 Å². The van der Waals surface area contributed by atoms with Crippen molar-refractivity contribution in [1.29, 1.82) is 0 Å². The fraction of sp³-hybridized carbons (Fsp3) is 0.625. The molecule has 3 heteroatoms. The summed E-state index contributed by atoms with van der Waals surface area (Å²) in [6.07, 6.45) is 4.95. The summed E-state index contributed by atoms with van der Waals surface area (Å²) >= 11 is 0. The van der Waals surface area contributed by atoms with Crippen molar-refractivity contribution in [2.24, 2.45) is 0 Å². The van der Waals surface area contributed by atoms with Gasteiger partial charge in [0, 0.05) is 13.6 Å². The minimum atomic E-state index is -1.66. The number of carbonyl (C=O) groups is 1. The zero-order valence-corrected chi connectivity index (χ0v) is 7.09. The average molecular weight is 155 g/mol. The van der Waals surface area contributed by atoms with Crippen LogP contribution in [0.4, 0.5) is 0 Å². The second-order valence-corrected chi connectivity index (χ2v) is 2.54. The Balaban J connectivity index is 4.39. The zero-order chi connectivity index (χ0) is 9.07. The predicted octanol–water partition coefficient (Wildman–Crippen LogP) is -0.151. The maximum Gasteiger partial charge on any atom is 0.266 e. The lowest BCUT2D eigenvalue weighted by molar-refractivity contribution is -0.142. The molecule has 0 aliphatic heterocycles. The minimum absolute atomic E-state index is 0.442. The first-order valence-corrected chi connectivity index (χ1v) is 3.41. The first kappa shape index (κ1) is 9.99. The number of hydrogen-bond donors (Lipinski definition) is 1. The normalized spacial score (nSPS) is 14.8. The van der Waals surface area contributed by atoms with Crippen LogP contribution in [-0.4, -0.2) is 35.1 Å². The molecule has 0 aliphatic rings. The quantitative estimate of drug-likeness (QED) is 0.563. The fourth-order valence-electron chi connectivity index (χ4n) is 0.577. The van der Waals surface area contributed by atoms with Gasteiger partial charge in [0.25, 0.3) is 5.91 Å². The van der Waals surface area contributed by atoms with Gasteiger partial charge in [-0.25, -0.2) is 0 Å². The van der Waals surface area contributed by atoms with Crippen LogP contribution in [0.15, 0.2) is 0 Å². The second-order valence-electron chi connectivity index (χ2n) is 2.54. The molecule has 0 fully saturated rings. The van der Waals surface area contributed by atoms with Crippen LogP contribution in [0.2, 0.25) is 0 Å². The molecular formula is C8H13NO2. The summed E-state index contributed by atoms with van der Waals surface area (Å²) in [5, 5.41) is 9.27. The SMILES string of the molecule is C#C[C@@](C)(O)C(=O)N(C)CC. The minimum Gasteiger partial charge on any atom is -0.370 e. The first-order valence-electron chi connectivity index (χ1n) is 3.41. The van der Waals surface area contributed by atoms with Gasteiger partial charge in [-0.3, -0.25) is 4.79 Å². The molecule has 1 atom stereocenters. The van der Waals surface area contributed by atoms with Crippen LogP contribution in [0.5, 0.6) is 0 Å². The highest BCUT2D eigenvalue weighted by atomic mass is 16.3. The molecule has 0 aromatic rings. The Labute approximate surface area is 67.0 Å². The smallest absolute Gasteiger partial charge is 0.266 e. The van der Waals surface area contributed by atoms with Crippen molar-refractivity contribution in [1.82, 2.24) is 4.90 Å². The molecule has 0 heterocycles. The molecule has 1 amide bonds. The lowest BCUT2D eigenvalue weighted by atomic mass is 10.1. The summed E-state index contributed by atoms with van der Waals surface area (Å²) in [4.78, 5) is 12.5. The Hall–Kier alpha value is -1.01. The van der Waals surface area contributed by atoms with E-state index in [-0.39, 0.29) is 0 Å². The van der Waals surface area contributed by atoms with Gasteiger partial charge in [0.1, 0.15) is 0 Å². The number of rotatable bonds is 2. The highest BCUT2D eigenvalue weighted by molar-refractivity contribution is 5.87. The van der Waals surface area contributed by atoms with E-state index in [1.165, 1.54) is 11.8 Å². The lowest BCUT2D eigenvalue weighted by Gasteiger charge is -2.22. The number of terminal acetylenes is 1. The molecule has 62 valence electrons. The van der Waals surface area contributed by atoms with Crippen molar-refractivity contribution in [2.45, 2.75) is 19.4 Å². The molecule has 0 spiro atoms. The Morgan fingerprint density at radius 2 is 2.27 bits per heavy atom. The lowest BCUT2D eigenvalue weighted by Crippen LogP contribution is -2.44. The zero-order valence-electron chi connectivity index (χ0n) is 7.09. The van der Waals surface area contributed by atoms with Crippen molar-refractivity contribution < 1.29 is 9.90 Å². The monoisotopic (exact) mass is 155 g/mol. The first-order chi connectivity index (χ1) is 4.95. The van der Waals surface area contributed by atoms with Crippen LogP contribution >= 0.6 is 0 Å². The van der Waals surface area contributed by atoms with Gasteiger partial charge in [-0.05, 0) is 13.8 Å². The van der Waals surface area contributed by atoms with Gasteiger partial charge < -0.3 is 10.0 Å². The Morgan fingerprint density at radius 1 is 1.82 bits per heavy atom. The summed E-state index contributed by atoms with van der Waals surface area (Å²) < 4.78 is 0. The molecule has 0 aromatic heterocycles. The van der Waals surface area contributed by atoms with Gasteiger partial charge in [0.05, 0.1) is 0 Å². The standard InChI is InChI=1S/C8H13NO2/c1-5-8(3,11)7(10)9(4)6-2/h1,11H,6H2,2-4H3/t8-/m1/s1. The molecule has 0 saturated heterocycles. The fourth-order valence-corrected chi connectivity index (χ4v) is 0.577. The average Bonchev–Trinajstić information content (AvgIpc) is 2.01. The van der Waals surface area contributed by atoms with Crippen LogP contribution in [0.25, 0.3) is 0 Å². The number of carbonyl (C=O) groups excluding carboxylic acids is 1. The van der Waals surface area contributed by atoms with E-state index in [0.717, 1.165) is 0 Å². The Kier molecular flexibility index (Phi) is 3.09. The molecule has 1 N–H and O–H groups in total. The molecule has 11 heavy (non-hydrogen) atoms. The molecule has 3 nitrogen and oxygen atoms in total. The summed E-state index contributed by atoms with van der Waals surface area (Å²) in [5.41, 5.74) is -1.66. The van der Waals surface area contributed by atoms with Crippen LogP contribution in [0.3, 0.4) is 0 Å². The van der Waals surface area contributed by atoms with E-state index in [9.17, 15) is 9.90 Å².